The first-order valence-electron chi connectivity index (χ1n) is 31.0. The monoisotopic (exact) mass is 1240 g/mol. The number of ether oxygens (including phenoxy) is 2. The van der Waals surface area contributed by atoms with Gasteiger partial charge in [0.05, 0.1) is 61.0 Å². The SMILES string of the molecule is COC(C)(C)CCOC(C)(C)CC(=O)N[C@@H](CCC(=O)NCC(=O)N/N=C1\C=C[C@@]2(C)C(=C1)CC[C@H]1[C@@H]3C[C@@H](C)[C@](O)(C(=O)CO)[C@@]3(C)C[C@H](O)[C@@]12F)C(=O)NCC(=O)N/N=C1\C=C[C@@]2(C)C(=C1)CC[C@H]1[C@@H]3C[C@@H](C)[C@](O)(C(=O)CO)[C@@]3(C)C[C@H](O)[C@@]12F. The van der Waals surface area contributed by atoms with E-state index < -0.39 is 177 Å². The van der Waals surface area contributed by atoms with Crippen LogP contribution < -0.4 is 26.8 Å². The van der Waals surface area contributed by atoms with Crippen LogP contribution >= 0.6 is 0 Å². The highest BCUT2D eigenvalue weighted by Crippen LogP contribution is 2.72. The van der Waals surface area contributed by atoms with Crippen LogP contribution in [0.3, 0.4) is 0 Å². The summed E-state index contributed by atoms with van der Waals surface area (Å²) in [7, 11) is 1.58. The number of carbonyl (C=O) groups excluding carboxylic acids is 7. The van der Waals surface area contributed by atoms with Gasteiger partial charge in [0.25, 0.3) is 11.8 Å². The number of alkyl halides is 2. The lowest BCUT2D eigenvalue weighted by Crippen LogP contribution is -2.69. The lowest BCUT2D eigenvalue weighted by Gasteiger charge is -2.62. The van der Waals surface area contributed by atoms with E-state index in [0.717, 1.165) is 0 Å². The molecule has 0 aromatic heterocycles. The van der Waals surface area contributed by atoms with Crippen LogP contribution in [0, 0.1) is 57.2 Å². The topological polar surface area (TPSA) is 344 Å². The quantitative estimate of drug-likeness (QED) is 0.0694. The molecule has 88 heavy (non-hydrogen) atoms. The molecule has 0 unspecified atom stereocenters. The maximum Gasteiger partial charge on any atom is 0.259 e. The number of halogens is 2. The molecule has 0 saturated heterocycles. The van der Waals surface area contributed by atoms with Crippen molar-refractivity contribution in [2.45, 2.75) is 198 Å². The molecular weight excluding hydrogens is 1140 g/mol. The minimum atomic E-state index is -2.19. The number of aliphatic hydroxyl groups excluding tert-OH is 4. The predicted octanol–water partition coefficient (Wildman–Crippen LogP) is 3.11. The second-order valence-electron chi connectivity index (χ2n) is 28.5. The Balaban J connectivity index is 0.863. The Morgan fingerprint density at radius 2 is 1.11 bits per heavy atom. The molecule has 488 valence electrons. The Kier molecular flexibility index (Phi) is 19.2. The summed E-state index contributed by atoms with van der Waals surface area (Å²) in [6.45, 7) is 14.8. The fourth-order valence-electron chi connectivity index (χ4n) is 17.5. The molecule has 8 aliphatic rings. The van der Waals surface area contributed by atoms with E-state index in [-0.39, 0.29) is 50.1 Å². The Morgan fingerprint density at radius 1 is 0.670 bits per heavy atom. The van der Waals surface area contributed by atoms with Crippen LogP contribution in [0.4, 0.5) is 8.78 Å². The third-order valence-corrected chi connectivity index (χ3v) is 22.7. The van der Waals surface area contributed by atoms with E-state index in [1.165, 1.54) is 12.2 Å². The average molecular weight is 1240 g/mol. The summed E-state index contributed by atoms with van der Waals surface area (Å²) < 4.78 is 47.3. The van der Waals surface area contributed by atoms with E-state index in [4.69, 9.17) is 9.47 Å². The van der Waals surface area contributed by atoms with Crippen molar-refractivity contribution in [3.8, 4) is 0 Å². The molecule has 0 aromatic rings. The summed E-state index contributed by atoms with van der Waals surface area (Å²) in [5.74, 6) is -8.61. The van der Waals surface area contributed by atoms with Crippen molar-refractivity contribution in [1.82, 2.24) is 26.8 Å². The first-order chi connectivity index (χ1) is 40.9. The van der Waals surface area contributed by atoms with E-state index in [9.17, 15) is 64.2 Å². The number of nitrogens with zero attached hydrogens (tertiary/aromatic N) is 2. The molecule has 0 radical (unpaired) electrons. The molecule has 0 bridgehead atoms. The van der Waals surface area contributed by atoms with Gasteiger partial charge in [-0.3, -0.25) is 33.6 Å². The number of nitrogens with one attached hydrogen (secondary N) is 5. The summed E-state index contributed by atoms with van der Waals surface area (Å²) in [5.41, 5.74) is -8.15. The van der Waals surface area contributed by atoms with Crippen LogP contribution in [0.25, 0.3) is 0 Å². The van der Waals surface area contributed by atoms with E-state index in [1.54, 1.807) is 86.8 Å². The number of carbonyl (C=O) groups is 7. The molecule has 0 heterocycles. The van der Waals surface area contributed by atoms with Crippen molar-refractivity contribution in [2.75, 3.05) is 40.0 Å². The minimum Gasteiger partial charge on any atom is -0.390 e. The standard InChI is InChI=1S/C64H93F2N7O15/c1-35-24-43-41-14-12-37-26-39(18-20-57(37,7)61(41,65)46(76)28-59(43,9)63(35,85)48(78)33-74)70-72-52(82)31-67-50(80)17-16-45(69-51(81)30-56(5,6)88-23-22-55(3,4)87-11)54(84)68-32-53(83)73-71-40-19-21-58(8)38(27-40)13-15-42-44-25-36(2)64(86,49(79)34-75)60(44,10)29-47(77)62(42,58)66/h18-21,26-27,35-36,41-47,74-77,85-86H,12-17,22-25,28-34H2,1-11H3,(H,67,80)(H,68,84)(H,69,81)(H,72,82)(H,73,83)/b70-39+,71-40+/t35-,36-,41+,42+,43+,44+,45+,46+,47+,57+,58+,59+,60+,61+,62+,63+,64+/m1/s1. The second-order valence-corrected chi connectivity index (χ2v) is 28.5. The van der Waals surface area contributed by atoms with Crippen LogP contribution in [0.15, 0.2) is 57.8 Å². The lowest BCUT2D eigenvalue weighted by molar-refractivity contribution is -0.219. The number of amides is 5. The molecule has 8 rings (SSSR count). The zero-order valence-corrected chi connectivity index (χ0v) is 52.7. The van der Waals surface area contributed by atoms with Gasteiger partial charge in [-0.25, -0.2) is 19.6 Å². The van der Waals surface area contributed by atoms with Crippen LogP contribution in [-0.2, 0) is 43.0 Å². The van der Waals surface area contributed by atoms with Gasteiger partial charge >= 0.3 is 0 Å². The highest BCUT2D eigenvalue weighted by molar-refractivity contribution is 6.07. The number of methoxy groups -OCH3 is 1. The molecule has 24 heteroatoms. The molecule has 22 nitrogen and oxygen atoms in total. The fourth-order valence-corrected chi connectivity index (χ4v) is 17.5. The van der Waals surface area contributed by atoms with Gasteiger partial charge in [0.2, 0.25) is 17.7 Å². The third kappa shape index (κ3) is 11.4. The number of rotatable bonds is 22. The van der Waals surface area contributed by atoms with Gasteiger partial charge in [0.15, 0.2) is 22.9 Å². The summed E-state index contributed by atoms with van der Waals surface area (Å²) in [6.07, 6.45) is 7.73. The summed E-state index contributed by atoms with van der Waals surface area (Å²) in [6, 6.07) is -1.35. The summed E-state index contributed by atoms with van der Waals surface area (Å²) in [5, 5.41) is 82.7. The zero-order valence-electron chi connectivity index (χ0n) is 52.7. The molecule has 8 aliphatic carbocycles. The van der Waals surface area contributed by atoms with E-state index in [2.05, 4.69) is 37.0 Å². The maximum atomic E-state index is 17.9. The largest absolute Gasteiger partial charge is 0.390 e. The van der Waals surface area contributed by atoms with Crippen LogP contribution in [0.2, 0.25) is 0 Å². The Morgan fingerprint density at radius 3 is 1.55 bits per heavy atom. The number of hydrazone groups is 2. The Labute approximate surface area is 513 Å². The second kappa shape index (κ2) is 24.6. The van der Waals surface area contributed by atoms with Crippen molar-refractivity contribution in [2.24, 2.45) is 67.4 Å². The number of fused-ring (bicyclic) bond motifs is 10. The Bertz CT molecular complexity index is 3000. The fraction of sp³-hybridized carbons (Fsp3) is 0.734. The van der Waals surface area contributed by atoms with E-state index in [0.29, 0.717) is 56.1 Å². The average Bonchev–Trinajstić information content (AvgIpc) is 1.42. The van der Waals surface area contributed by atoms with Crippen molar-refractivity contribution < 1.29 is 82.5 Å². The highest BCUT2D eigenvalue weighted by Gasteiger charge is 2.77. The number of aliphatic hydroxyl groups is 6. The van der Waals surface area contributed by atoms with Gasteiger partial charge in [-0.1, -0.05) is 51.0 Å². The zero-order chi connectivity index (χ0) is 65.2. The molecule has 0 aromatic carbocycles. The highest BCUT2D eigenvalue weighted by atomic mass is 19.1. The van der Waals surface area contributed by atoms with Crippen LogP contribution in [-0.4, -0.2) is 175 Å². The maximum absolute atomic E-state index is 17.9. The van der Waals surface area contributed by atoms with Gasteiger partial charge in [-0.2, -0.15) is 10.2 Å². The van der Waals surface area contributed by atoms with E-state index in [1.807, 2.05) is 13.8 Å². The number of allylic oxidation sites excluding steroid dienone is 8. The van der Waals surface area contributed by atoms with Crippen LogP contribution in [0.5, 0.6) is 0 Å². The van der Waals surface area contributed by atoms with Crippen molar-refractivity contribution in [3.63, 3.8) is 0 Å². The molecular formula is C64H93F2N7O15. The van der Waals surface area contributed by atoms with Gasteiger partial charge < -0.3 is 56.1 Å². The molecule has 17 atom stereocenters. The minimum absolute atomic E-state index is 0.196. The number of Topliss-reactive ketones (excluding diaryl/α,β-unsaturated/α-hetero) is 2. The summed E-state index contributed by atoms with van der Waals surface area (Å²) >= 11 is 0. The number of ketones is 2. The third-order valence-electron chi connectivity index (χ3n) is 22.7. The van der Waals surface area contributed by atoms with Gasteiger partial charge in [-0.15, -0.1) is 0 Å². The lowest BCUT2D eigenvalue weighted by atomic mass is 9.44. The molecule has 6 saturated carbocycles. The molecule has 0 aliphatic heterocycles. The van der Waals surface area contributed by atoms with Gasteiger partial charge in [0.1, 0.15) is 30.5 Å². The summed E-state index contributed by atoms with van der Waals surface area (Å²) in [4.78, 5) is 92.9. The van der Waals surface area contributed by atoms with E-state index >= 15 is 8.78 Å². The van der Waals surface area contributed by atoms with Crippen molar-refractivity contribution >= 4 is 52.5 Å². The first kappa shape index (κ1) is 68.4. The number of hydrogen-bond donors (Lipinski definition) is 11. The van der Waals surface area contributed by atoms with Gasteiger partial charge in [-0.05, 0) is 154 Å². The molecule has 5 amide bonds. The van der Waals surface area contributed by atoms with Crippen molar-refractivity contribution in [1.29, 1.82) is 0 Å². The predicted molar refractivity (Wildman–Crippen MR) is 319 cm³/mol. The molecule has 0 spiro atoms. The Hall–Kier alpha value is -5.47. The number of hydrogen-bond acceptors (Lipinski definition) is 17. The molecule has 11 N–H and O–H groups in total. The smallest absolute Gasteiger partial charge is 0.259 e. The molecule has 6 fully saturated rings. The van der Waals surface area contributed by atoms with Crippen LogP contribution in [0.1, 0.15) is 146 Å². The van der Waals surface area contributed by atoms with Gasteiger partial charge in [0, 0.05) is 47.0 Å². The first-order valence-corrected chi connectivity index (χ1v) is 31.0. The van der Waals surface area contributed by atoms with Crippen molar-refractivity contribution in [3.05, 3.63) is 47.6 Å². The normalized spacial score (nSPS) is 39.3.